The van der Waals surface area contributed by atoms with Gasteiger partial charge < -0.3 is 9.88 Å². The molecule has 0 spiro atoms. The van der Waals surface area contributed by atoms with Crippen molar-refractivity contribution in [1.82, 2.24) is 19.1 Å². The highest BCUT2D eigenvalue weighted by Gasteiger charge is 2.52. The number of nitrogens with one attached hydrogen (secondary N) is 1. The summed E-state index contributed by atoms with van der Waals surface area (Å²) in [5, 5.41) is 9.28. The fraction of sp³-hybridized carbons (Fsp3) is 0.481. The van der Waals surface area contributed by atoms with Gasteiger partial charge in [-0.3, -0.25) is 4.79 Å². The number of amides is 1. The number of benzene rings is 1. The predicted molar refractivity (Wildman–Crippen MR) is 133 cm³/mol. The minimum absolute atomic E-state index is 0.147. The molecule has 6 nitrogen and oxygen atoms in total. The monoisotopic (exact) mass is 471 g/mol. The third-order valence-corrected chi connectivity index (χ3v) is 9.72. The molecular weight excluding hydrogens is 442 g/mol. The smallest absolute Gasteiger partial charge is 0.227 e. The molecule has 1 unspecified atom stereocenters. The van der Waals surface area contributed by atoms with E-state index in [0.29, 0.717) is 23.8 Å². The van der Waals surface area contributed by atoms with E-state index in [-0.39, 0.29) is 11.8 Å². The number of carbonyl (C=O) groups excluding carboxylic acids is 1. The van der Waals surface area contributed by atoms with Crippen LogP contribution in [0.4, 0.5) is 5.69 Å². The summed E-state index contributed by atoms with van der Waals surface area (Å²) in [6.07, 6.45) is 16.0. The van der Waals surface area contributed by atoms with Crippen LogP contribution in [0.3, 0.4) is 0 Å². The molecule has 1 aromatic carbocycles. The minimum atomic E-state index is 0.147. The van der Waals surface area contributed by atoms with Gasteiger partial charge in [-0.25, -0.2) is 4.98 Å². The molecule has 1 aliphatic heterocycles. The van der Waals surface area contributed by atoms with Gasteiger partial charge in [0.2, 0.25) is 5.91 Å². The highest BCUT2D eigenvalue weighted by molar-refractivity contribution is 7.03. The Hall–Kier alpha value is -2.80. The van der Waals surface area contributed by atoms with Gasteiger partial charge in [-0.15, -0.1) is 5.10 Å². The van der Waals surface area contributed by atoms with Crippen LogP contribution in [-0.2, 0) is 4.79 Å². The lowest BCUT2D eigenvalue weighted by Crippen LogP contribution is -2.44. The maximum Gasteiger partial charge on any atom is 0.227 e. The van der Waals surface area contributed by atoms with E-state index in [1.807, 2.05) is 35.8 Å². The van der Waals surface area contributed by atoms with E-state index >= 15 is 0 Å². The molecule has 3 aromatic rings. The zero-order valence-corrected chi connectivity index (χ0v) is 19.9. The summed E-state index contributed by atoms with van der Waals surface area (Å²) in [7, 11) is 0. The second-order valence-electron chi connectivity index (χ2n) is 10.5. The lowest BCUT2D eigenvalue weighted by molar-refractivity contribution is -0.122. The number of carbonyl (C=O) groups is 1. The van der Waals surface area contributed by atoms with Crippen LogP contribution in [0.1, 0.15) is 50.4 Å². The summed E-state index contributed by atoms with van der Waals surface area (Å²) in [5.74, 6) is 4.85. The summed E-state index contributed by atoms with van der Waals surface area (Å²) >= 11 is 1.35. The van der Waals surface area contributed by atoms with Gasteiger partial charge in [0.05, 0.1) is 0 Å². The highest BCUT2D eigenvalue weighted by Crippen LogP contribution is 2.58. The maximum atomic E-state index is 13.3. The molecule has 34 heavy (non-hydrogen) atoms. The van der Waals surface area contributed by atoms with E-state index in [2.05, 4.69) is 42.8 Å². The van der Waals surface area contributed by atoms with Gasteiger partial charge in [0, 0.05) is 46.9 Å². The molecule has 3 saturated carbocycles. The van der Waals surface area contributed by atoms with Gasteiger partial charge in [-0.05, 0) is 91.9 Å². The highest BCUT2D eigenvalue weighted by atomic mass is 32.1. The molecule has 174 valence electrons. The van der Waals surface area contributed by atoms with Gasteiger partial charge in [0.25, 0.3) is 0 Å². The van der Waals surface area contributed by atoms with Gasteiger partial charge in [-0.1, -0.05) is 22.7 Å². The van der Waals surface area contributed by atoms with Gasteiger partial charge in [-0.2, -0.15) is 0 Å². The zero-order chi connectivity index (χ0) is 22.6. The Morgan fingerprint density at radius 2 is 1.76 bits per heavy atom. The first-order valence-electron chi connectivity index (χ1n) is 12.7. The molecule has 3 fully saturated rings. The van der Waals surface area contributed by atoms with Crippen molar-refractivity contribution >= 4 is 29.2 Å². The van der Waals surface area contributed by atoms with Crippen molar-refractivity contribution < 1.29 is 4.79 Å². The first-order valence-corrected chi connectivity index (χ1v) is 13.5. The lowest BCUT2D eigenvalue weighted by atomic mass is 9.56. The van der Waals surface area contributed by atoms with Gasteiger partial charge in [0.15, 0.2) is 0 Å². The molecule has 3 heterocycles. The van der Waals surface area contributed by atoms with Crippen molar-refractivity contribution in [3.8, 4) is 11.3 Å². The molecule has 3 aliphatic carbocycles. The average Bonchev–Trinajstić information content (AvgIpc) is 3.64. The Balaban J connectivity index is 1.04. The number of anilines is 1. The normalized spacial score (nSPS) is 33.5. The minimum Gasteiger partial charge on any atom is -0.328 e. The molecular formula is C27H29N5OS. The maximum absolute atomic E-state index is 13.3. The van der Waals surface area contributed by atoms with Crippen molar-refractivity contribution in [3.05, 3.63) is 53.9 Å². The standard InChI is InChI=1S/C27H29N5OS/c33-27(29-17-3-1-16(2-4-17)24-15-34-31-30-24)23-8-7-18-19-9-11-25-22(20(19)5-6-21(18)23)10-12-26-28-13-14-32(25)26/h1-4,10,12-15,18-23,25H,5-9,11H2,(H,29,33)/t18-,19-,20-,21-,22+,23+,25?/m0/s1. The molecule has 2 aromatic heterocycles. The Morgan fingerprint density at radius 1 is 0.971 bits per heavy atom. The summed E-state index contributed by atoms with van der Waals surface area (Å²) in [4.78, 5) is 17.8. The molecule has 7 heteroatoms. The van der Waals surface area contributed by atoms with Crippen LogP contribution in [0.15, 0.2) is 48.1 Å². The summed E-state index contributed by atoms with van der Waals surface area (Å²) in [6.45, 7) is 0. The van der Waals surface area contributed by atoms with E-state index in [4.69, 9.17) is 0 Å². The average molecular weight is 472 g/mol. The van der Waals surface area contributed by atoms with Crippen LogP contribution >= 0.6 is 11.5 Å². The molecule has 0 saturated heterocycles. The van der Waals surface area contributed by atoms with Crippen molar-refractivity contribution in [3.63, 3.8) is 0 Å². The molecule has 7 rings (SSSR count). The molecule has 0 bridgehead atoms. The van der Waals surface area contributed by atoms with Crippen LogP contribution in [0.2, 0.25) is 0 Å². The number of rotatable bonds is 3. The summed E-state index contributed by atoms with van der Waals surface area (Å²) in [6, 6.07) is 8.56. The van der Waals surface area contributed by atoms with E-state index in [9.17, 15) is 4.79 Å². The molecule has 1 N–H and O–H groups in total. The fourth-order valence-corrected chi connectivity index (χ4v) is 8.28. The third kappa shape index (κ3) is 3.28. The van der Waals surface area contributed by atoms with Gasteiger partial charge in [0.1, 0.15) is 11.5 Å². The van der Waals surface area contributed by atoms with E-state index < -0.39 is 0 Å². The molecule has 0 radical (unpaired) electrons. The van der Waals surface area contributed by atoms with Crippen molar-refractivity contribution in [2.75, 3.05) is 5.32 Å². The van der Waals surface area contributed by atoms with E-state index in [1.165, 1.54) is 43.6 Å². The predicted octanol–water partition coefficient (Wildman–Crippen LogP) is 5.69. The number of hydrogen-bond acceptors (Lipinski definition) is 5. The number of imidazole rings is 1. The topological polar surface area (TPSA) is 72.7 Å². The van der Waals surface area contributed by atoms with E-state index in [0.717, 1.165) is 41.0 Å². The van der Waals surface area contributed by atoms with Crippen LogP contribution in [-0.4, -0.2) is 25.0 Å². The zero-order valence-electron chi connectivity index (χ0n) is 19.1. The van der Waals surface area contributed by atoms with Gasteiger partial charge >= 0.3 is 0 Å². The first kappa shape index (κ1) is 20.6. The Kier molecular flexibility index (Phi) is 4.93. The largest absolute Gasteiger partial charge is 0.328 e. The summed E-state index contributed by atoms with van der Waals surface area (Å²) < 4.78 is 6.34. The Morgan fingerprint density at radius 3 is 2.62 bits per heavy atom. The summed E-state index contributed by atoms with van der Waals surface area (Å²) in [5.41, 5.74) is 2.78. The number of fused-ring (bicyclic) bond motifs is 7. The van der Waals surface area contributed by atoms with Crippen LogP contribution in [0.25, 0.3) is 17.3 Å². The quantitative estimate of drug-likeness (QED) is 0.533. The second-order valence-corrected chi connectivity index (χ2v) is 11.2. The molecule has 7 atom stereocenters. The van der Waals surface area contributed by atoms with Crippen molar-refractivity contribution in [2.24, 2.45) is 35.5 Å². The van der Waals surface area contributed by atoms with Crippen LogP contribution in [0, 0.1) is 35.5 Å². The van der Waals surface area contributed by atoms with E-state index in [1.54, 1.807) is 0 Å². The third-order valence-electron chi connectivity index (χ3n) is 9.21. The van der Waals surface area contributed by atoms with Crippen molar-refractivity contribution in [2.45, 2.75) is 44.6 Å². The SMILES string of the molecule is O=C(Nc1ccc(-c2csnn2)cc1)[C@@H]1CC[C@H]2[C@@H]3CCC4[C@H](C=Cc5nccn54)[C@H]3CC[C@@H]21. The van der Waals surface area contributed by atoms with Crippen LogP contribution in [0.5, 0.6) is 0 Å². The second kappa shape index (κ2) is 8.15. The number of hydrogen-bond donors (Lipinski definition) is 1. The van der Waals surface area contributed by atoms with Crippen LogP contribution < -0.4 is 5.32 Å². The number of nitrogens with zero attached hydrogens (tertiary/aromatic N) is 4. The van der Waals surface area contributed by atoms with Crippen molar-refractivity contribution in [1.29, 1.82) is 0 Å². The first-order chi connectivity index (χ1) is 16.8. The number of aromatic nitrogens is 4. The lowest BCUT2D eigenvalue weighted by Gasteiger charge is -2.51. The molecule has 4 aliphatic rings. The molecule has 1 amide bonds. The fourth-order valence-electron chi connectivity index (χ4n) is 7.81. The Bertz CT molecular complexity index is 1220. The number of allylic oxidation sites excluding steroid dienone is 1. The Labute approximate surface area is 203 Å².